The maximum atomic E-state index is 12.1. The van der Waals surface area contributed by atoms with Gasteiger partial charge in [-0.25, -0.2) is 4.99 Å². The van der Waals surface area contributed by atoms with Gasteiger partial charge in [-0.2, -0.15) is 0 Å². The van der Waals surface area contributed by atoms with E-state index in [0.717, 1.165) is 29.8 Å². The number of benzene rings is 2. The number of rotatable bonds is 6. The summed E-state index contributed by atoms with van der Waals surface area (Å²) in [6.45, 7) is 5.72. The van der Waals surface area contributed by atoms with Gasteiger partial charge < -0.3 is 25.8 Å². The van der Waals surface area contributed by atoms with Crippen molar-refractivity contribution in [2.75, 3.05) is 18.5 Å². The Hall–Kier alpha value is -3.22. The molecule has 1 atom stereocenters. The fourth-order valence-corrected chi connectivity index (χ4v) is 2.78. The largest absolute Gasteiger partial charge is 0.490 e. The lowest BCUT2D eigenvalue weighted by atomic mass is 10.1. The fraction of sp³-hybridized carbons (Fsp3) is 0.364. The lowest BCUT2D eigenvalue weighted by molar-refractivity contribution is 0.0939. The molecule has 1 aliphatic rings. The lowest BCUT2D eigenvalue weighted by Crippen LogP contribution is -2.31. The summed E-state index contributed by atoms with van der Waals surface area (Å²) >= 11 is 0. The third-order valence-corrected chi connectivity index (χ3v) is 4.66. The van der Waals surface area contributed by atoms with Crippen LogP contribution in [0.2, 0.25) is 0 Å². The summed E-state index contributed by atoms with van der Waals surface area (Å²) in [4.78, 5) is 16.5. The number of carbonyl (C=O) groups is 1. The first-order chi connectivity index (χ1) is 14.0. The summed E-state index contributed by atoms with van der Waals surface area (Å²) in [5, 5.41) is 6.02. The topological polar surface area (TPSA) is 98.0 Å². The van der Waals surface area contributed by atoms with Crippen LogP contribution in [0.1, 0.15) is 42.6 Å². The summed E-state index contributed by atoms with van der Waals surface area (Å²) < 4.78 is 11.3. The minimum absolute atomic E-state index is 0.0648. The zero-order valence-corrected chi connectivity index (χ0v) is 16.9. The number of guanidine groups is 1. The average molecular weight is 396 g/mol. The Kier molecular flexibility index (Phi) is 6.94. The first-order valence-electron chi connectivity index (χ1n) is 9.91. The van der Waals surface area contributed by atoms with E-state index in [1.807, 2.05) is 44.2 Å². The first kappa shape index (κ1) is 20.5. The summed E-state index contributed by atoms with van der Waals surface area (Å²) in [5.74, 6) is 1.68. The maximum Gasteiger partial charge on any atom is 0.251 e. The number of anilines is 1. The third-order valence-electron chi connectivity index (χ3n) is 4.66. The van der Waals surface area contributed by atoms with Crippen LogP contribution in [0.3, 0.4) is 0 Å². The Bertz CT molecular complexity index is 865. The molecule has 0 radical (unpaired) electrons. The van der Waals surface area contributed by atoms with Crippen LogP contribution < -0.4 is 25.8 Å². The number of ether oxygens (including phenoxy) is 2. The van der Waals surface area contributed by atoms with Gasteiger partial charge in [-0.05, 0) is 43.2 Å². The van der Waals surface area contributed by atoms with Gasteiger partial charge in [0.25, 0.3) is 5.91 Å². The Morgan fingerprint density at radius 1 is 1.14 bits per heavy atom. The highest BCUT2D eigenvalue weighted by Gasteiger charge is 2.11. The van der Waals surface area contributed by atoms with Gasteiger partial charge >= 0.3 is 0 Å². The average Bonchev–Trinajstić information content (AvgIpc) is 2.97. The smallest absolute Gasteiger partial charge is 0.251 e. The van der Waals surface area contributed by atoms with Crippen LogP contribution in [-0.2, 0) is 6.54 Å². The number of hydrogen-bond acceptors (Lipinski definition) is 4. The predicted octanol–water partition coefficient (Wildman–Crippen LogP) is 3.30. The molecule has 1 aliphatic heterocycles. The maximum absolute atomic E-state index is 12.1. The third kappa shape index (κ3) is 5.88. The summed E-state index contributed by atoms with van der Waals surface area (Å²) in [7, 11) is 0. The van der Waals surface area contributed by atoms with Gasteiger partial charge in [-0.15, -0.1) is 0 Å². The van der Waals surface area contributed by atoms with Crippen LogP contribution in [0.15, 0.2) is 47.5 Å². The van der Waals surface area contributed by atoms with Gasteiger partial charge in [0, 0.05) is 29.8 Å². The fourth-order valence-electron chi connectivity index (χ4n) is 2.78. The van der Waals surface area contributed by atoms with E-state index < -0.39 is 0 Å². The highest BCUT2D eigenvalue weighted by molar-refractivity contribution is 5.94. The van der Waals surface area contributed by atoms with Crippen molar-refractivity contribution in [3.05, 3.63) is 53.6 Å². The molecule has 1 unspecified atom stereocenters. The summed E-state index contributed by atoms with van der Waals surface area (Å²) in [6.07, 6.45) is 1.76. The van der Waals surface area contributed by atoms with Crippen molar-refractivity contribution in [3.8, 4) is 11.5 Å². The van der Waals surface area contributed by atoms with E-state index in [0.29, 0.717) is 37.0 Å². The van der Waals surface area contributed by atoms with E-state index in [-0.39, 0.29) is 11.9 Å². The van der Waals surface area contributed by atoms with Crippen LogP contribution >= 0.6 is 0 Å². The van der Waals surface area contributed by atoms with Crippen molar-refractivity contribution < 1.29 is 14.3 Å². The molecule has 7 heteroatoms. The molecular formula is C22H28N4O3. The van der Waals surface area contributed by atoms with Crippen molar-refractivity contribution in [2.24, 2.45) is 10.7 Å². The monoisotopic (exact) mass is 396 g/mol. The molecule has 0 spiro atoms. The van der Waals surface area contributed by atoms with E-state index in [1.165, 1.54) is 0 Å². The van der Waals surface area contributed by atoms with Crippen molar-refractivity contribution >= 4 is 17.6 Å². The molecule has 2 aromatic rings. The Morgan fingerprint density at radius 2 is 1.86 bits per heavy atom. The van der Waals surface area contributed by atoms with E-state index >= 15 is 0 Å². The second-order valence-electron chi connectivity index (χ2n) is 7.02. The van der Waals surface area contributed by atoms with Crippen LogP contribution in [0.25, 0.3) is 0 Å². The van der Waals surface area contributed by atoms with Crippen molar-refractivity contribution in [1.82, 2.24) is 5.32 Å². The minimum atomic E-state index is -0.0648. The van der Waals surface area contributed by atoms with Gasteiger partial charge in [0.2, 0.25) is 0 Å². The predicted molar refractivity (Wildman–Crippen MR) is 115 cm³/mol. The molecule has 0 saturated heterocycles. The zero-order chi connectivity index (χ0) is 20.6. The van der Waals surface area contributed by atoms with Gasteiger partial charge in [0.05, 0.1) is 19.8 Å². The molecule has 0 saturated carbocycles. The minimum Gasteiger partial charge on any atom is -0.490 e. The second-order valence-corrected chi connectivity index (χ2v) is 7.02. The molecule has 154 valence electrons. The molecule has 0 fully saturated rings. The molecule has 29 heavy (non-hydrogen) atoms. The SMILES string of the molecule is CCC(C)NC(=O)c1ccc(CN=C(N)Nc2ccc3c(c2)OCCCO3)cc1. The second kappa shape index (κ2) is 9.82. The number of nitrogens with two attached hydrogens (primary N) is 1. The van der Waals surface area contributed by atoms with Crippen molar-refractivity contribution in [3.63, 3.8) is 0 Å². The first-order valence-corrected chi connectivity index (χ1v) is 9.91. The Balaban J connectivity index is 1.57. The number of carbonyl (C=O) groups excluding carboxylic acids is 1. The highest BCUT2D eigenvalue weighted by atomic mass is 16.5. The van der Waals surface area contributed by atoms with Gasteiger partial charge in [-0.3, -0.25) is 4.79 Å². The van der Waals surface area contributed by atoms with Crippen LogP contribution in [-0.4, -0.2) is 31.1 Å². The normalized spacial score (nSPS) is 14.6. The van der Waals surface area contributed by atoms with Crippen LogP contribution in [0.4, 0.5) is 5.69 Å². The number of hydrogen-bond donors (Lipinski definition) is 3. The Labute approximate surface area is 171 Å². The molecule has 7 nitrogen and oxygen atoms in total. The van der Waals surface area contributed by atoms with E-state index in [2.05, 4.69) is 15.6 Å². The number of nitrogens with one attached hydrogen (secondary N) is 2. The van der Waals surface area contributed by atoms with Crippen molar-refractivity contribution in [1.29, 1.82) is 0 Å². The van der Waals surface area contributed by atoms with Crippen molar-refractivity contribution in [2.45, 2.75) is 39.3 Å². The zero-order valence-electron chi connectivity index (χ0n) is 16.9. The number of amides is 1. The van der Waals surface area contributed by atoms with Crippen LogP contribution in [0, 0.1) is 0 Å². The molecule has 0 bridgehead atoms. The van der Waals surface area contributed by atoms with Gasteiger partial charge in [-0.1, -0.05) is 19.1 Å². The molecule has 1 heterocycles. The number of aliphatic imine (C=N–C) groups is 1. The standard InChI is InChI=1S/C22H28N4O3/c1-3-15(2)25-21(27)17-7-5-16(6-8-17)14-24-22(23)26-18-9-10-19-20(13-18)29-12-4-11-28-19/h5-10,13,15H,3-4,11-12,14H2,1-2H3,(H,25,27)(H3,23,24,26). The number of nitrogens with zero attached hydrogens (tertiary/aromatic N) is 1. The summed E-state index contributed by atoms with van der Waals surface area (Å²) in [6, 6.07) is 13.1. The molecule has 0 aliphatic carbocycles. The van der Waals surface area contributed by atoms with E-state index in [1.54, 1.807) is 12.1 Å². The molecule has 1 amide bonds. The lowest BCUT2D eigenvalue weighted by Gasteiger charge is -2.11. The Morgan fingerprint density at radius 3 is 2.59 bits per heavy atom. The highest BCUT2D eigenvalue weighted by Crippen LogP contribution is 2.32. The number of fused-ring (bicyclic) bond motifs is 1. The van der Waals surface area contributed by atoms with E-state index in [4.69, 9.17) is 15.2 Å². The van der Waals surface area contributed by atoms with E-state index in [9.17, 15) is 4.79 Å². The molecular weight excluding hydrogens is 368 g/mol. The van der Waals surface area contributed by atoms with Gasteiger partial charge in [0.1, 0.15) is 0 Å². The molecule has 0 aromatic heterocycles. The molecule has 4 N–H and O–H groups in total. The summed E-state index contributed by atoms with van der Waals surface area (Å²) in [5.41, 5.74) is 8.40. The van der Waals surface area contributed by atoms with Crippen LogP contribution in [0.5, 0.6) is 11.5 Å². The quantitative estimate of drug-likeness (QED) is 0.514. The molecule has 2 aromatic carbocycles. The van der Waals surface area contributed by atoms with Gasteiger partial charge in [0.15, 0.2) is 17.5 Å². The molecule has 3 rings (SSSR count).